The van der Waals surface area contributed by atoms with Gasteiger partial charge < -0.3 is 15.2 Å². The molecule has 2 rings (SSSR count). The van der Waals surface area contributed by atoms with Gasteiger partial charge in [-0.15, -0.1) is 11.3 Å². The van der Waals surface area contributed by atoms with Gasteiger partial charge in [0, 0.05) is 6.54 Å². The fourth-order valence-corrected chi connectivity index (χ4v) is 2.55. The van der Waals surface area contributed by atoms with Gasteiger partial charge in [-0.05, 0) is 30.0 Å². The van der Waals surface area contributed by atoms with Crippen molar-refractivity contribution in [2.75, 3.05) is 25.1 Å². The molecular formula is C16H20N2O3S. The molecule has 0 bridgehead atoms. The first kappa shape index (κ1) is 16.5. The molecule has 118 valence electrons. The molecule has 0 aliphatic carbocycles. The van der Waals surface area contributed by atoms with Crippen molar-refractivity contribution in [2.24, 2.45) is 0 Å². The average Bonchev–Trinajstić information content (AvgIpc) is 3.01. The molecule has 0 unspecified atom stereocenters. The number of hydrogen-bond acceptors (Lipinski definition) is 4. The van der Waals surface area contributed by atoms with Gasteiger partial charge in [-0.3, -0.25) is 5.32 Å². The number of nitrogens with one attached hydrogen (secondary N) is 2. The van der Waals surface area contributed by atoms with Crippen LogP contribution in [0, 0.1) is 6.92 Å². The van der Waals surface area contributed by atoms with Crippen LogP contribution in [0.15, 0.2) is 41.8 Å². The normalized spacial score (nSPS) is 11.9. The number of amides is 2. The molecule has 2 aromatic rings. The molecule has 0 aliphatic heterocycles. The Hall–Kier alpha value is -1.89. The lowest BCUT2D eigenvalue weighted by Crippen LogP contribution is -2.33. The molecule has 0 saturated heterocycles. The predicted octanol–water partition coefficient (Wildman–Crippen LogP) is 2.93. The quantitative estimate of drug-likeness (QED) is 0.734. The smallest absolute Gasteiger partial charge is 0.319 e. The zero-order valence-corrected chi connectivity index (χ0v) is 13.2. The maximum atomic E-state index is 11.9. The van der Waals surface area contributed by atoms with Gasteiger partial charge in [-0.1, -0.05) is 29.8 Å². The van der Waals surface area contributed by atoms with Crippen molar-refractivity contribution in [1.29, 1.82) is 0 Å². The van der Waals surface area contributed by atoms with Crippen LogP contribution in [0.5, 0.6) is 0 Å². The third-order valence-corrected chi connectivity index (χ3v) is 3.85. The lowest BCUT2D eigenvalue weighted by atomic mass is 10.1. The Labute approximate surface area is 133 Å². The first-order chi connectivity index (χ1) is 10.7. The Balaban J connectivity index is 1.91. The fraction of sp³-hybridized carbons (Fsp3) is 0.312. The van der Waals surface area contributed by atoms with Crippen molar-refractivity contribution >= 4 is 22.4 Å². The van der Waals surface area contributed by atoms with Crippen LogP contribution in [0.25, 0.3) is 0 Å². The maximum Gasteiger partial charge on any atom is 0.319 e. The number of ether oxygens (including phenoxy) is 1. The van der Waals surface area contributed by atoms with E-state index >= 15 is 0 Å². The highest BCUT2D eigenvalue weighted by molar-refractivity contribution is 7.14. The van der Waals surface area contributed by atoms with Crippen molar-refractivity contribution in [2.45, 2.75) is 13.0 Å². The zero-order chi connectivity index (χ0) is 15.8. The third kappa shape index (κ3) is 5.14. The molecule has 0 radical (unpaired) electrons. The summed E-state index contributed by atoms with van der Waals surface area (Å²) in [5, 5.41) is 17.2. The van der Waals surface area contributed by atoms with E-state index < -0.39 is 0 Å². The van der Waals surface area contributed by atoms with E-state index in [1.165, 1.54) is 11.3 Å². The lowest BCUT2D eigenvalue weighted by Gasteiger charge is -2.19. The topological polar surface area (TPSA) is 70.6 Å². The van der Waals surface area contributed by atoms with E-state index in [-0.39, 0.29) is 25.3 Å². The number of urea groups is 1. The lowest BCUT2D eigenvalue weighted by molar-refractivity contribution is 0.0297. The minimum atomic E-state index is -0.290. The van der Waals surface area contributed by atoms with Crippen molar-refractivity contribution in [3.05, 3.63) is 52.9 Å². The Kier molecular flexibility index (Phi) is 6.39. The fourth-order valence-electron chi connectivity index (χ4n) is 1.94. The van der Waals surface area contributed by atoms with Gasteiger partial charge in [0.2, 0.25) is 0 Å². The SMILES string of the molecule is Cc1ccc([C@H](CNC(=O)Nc2cccs2)OCCO)cc1. The van der Waals surface area contributed by atoms with Gasteiger partial charge in [0.25, 0.3) is 0 Å². The van der Waals surface area contributed by atoms with Crippen LogP contribution >= 0.6 is 11.3 Å². The van der Waals surface area contributed by atoms with Crippen molar-refractivity contribution in [3.63, 3.8) is 0 Å². The number of anilines is 1. The number of aryl methyl sites for hydroxylation is 1. The maximum absolute atomic E-state index is 11.9. The number of carbonyl (C=O) groups excluding carboxylic acids is 1. The predicted molar refractivity (Wildman–Crippen MR) is 88.3 cm³/mol. The molecule has 0 saturated carbocycles. The second-order valence-electron chi connectivity index (χ2n) is 4.81. The summed E-state index contributed by atoms with van der Waals surface area (Å²) >= 11 is 1.46. The van der Waals surface area contributed by atoms with Gasteiger partial charge in [-0.2, -0.15) is 0 Å². The summed E-state index contributed by atoms with van der Waals surface area (Å²) in [6.07, 6.45) is -0.290. The van der Waals surface area contributed by atoms with E-state index in [1.807, 2.05) is 48.7 Å². The van der Waals surface area contributed by atoms with Gasteiger partial charge in [-0.25, -0.2) is 4.79 Å². The van der Waals surface area contributed by atoms with E-state index in [9.17, 15) is 4.79 Å². The number of thiophene rings is 1. The number of aliphatic hydroxyl groups is 1. The standard InChI is InChI=1S/C16H20N2O3S/c1-12-4-6-13(7-5-12)14(21-9-8-19)11-17-16(20)18-15-3-2-10-22-15/h2-7,10,14,19H,8-9,11H2,1H3,(H2,17,18,20)/t14-/m0/s1. The largest absolute Gasteiger partial charge is 0.394 e. The second-order valence-corrected chi connectivity index (χ2v) is 5.75. The molecule has 2 amide bonds. The van der Waals surface area contributed by atoms with Gasteiger partial charge >= 0.3 is 6.03 Å². The molecule has 3 N–H and O–H groups in total. The van der Waals surface area contributed by atoms with E-state index in [0.29, 0.717) is 6.54 Å². The Morgan fingerprint density at radius 3 is 2.73 bits per heavy atom. The second kappa shape index (κ2) is 8.53. The number of carbonyl (C=O) groups is 1. The van der Waals surface area contributed by atoms with Crippen molar-refractivity contribution < 1.29 is 14.6 Å². The van der Waals surface area contributed by atoms with Crippen LogP contribution in [-0.4, -0.2) is 30.9 Å². The van der Waals surface area contributed by atoms with Gasteiger partial charge in [0.15, 0.2) is 0 Å². The molecule has 1 aromatic carbocycles. The Morgan fingerprint density at radius 2 is 2.09 bits per heavy atom. The number of hydrogen-bond donors (Lipinski definition) is 3. The van der Waals surface area contributed by atoms with Crippen LogP contribution < -0.4 is 10.6 Å². The van der Waals surface area contributed by atoms with Crippen molar-refractivity contribution in [1.82, 2.24) is 5.32 Å². The summed E-state index contributed by atoms with van der Waals surface area (Å²) in [4.78, 5) is 11.9. The molecule has 5 nitrogen and oxygen atoms in total. The van der Waals surface area contributed by atoms with Crippen LogP contribution in [0.1, 0.15) is 17.2 Å². The molecule has 1 atom stereocenters. The monoisotopic (exact) mass is 320 g/mol. The summed E-state index contributed by atoms with van der Waals surface area (Å²) in [7, 11) is 0. The molecule has 0 fully saturated rings. The average molecular weight is 320 g/mol. The summed E-state index contributed by atoms with van der Waals surface area (Å²) in [6.45, 7) is 2.52. The minimum absolute atomic E-state index is 0.0518. The first-order valence-corrected chi connectivity index (χ1v) is 7.94. The molecule has 1 aromatic heterocycles. The molecule has 6 heteroatoms. The van der Waals surface area contributed by atoms with E-state index in [2.05, 4.69) is 10.6 Å². The number of benzene rings is 1. The number of aliphatic hydroxyl groups excluding tert-OH is 1. The van der Waals surface area contributed by atoms with E-state index in [0.717, 1.165) is 16.1 Å². The summed E-state index contributed by atoms with van der Waals surface area (Å²) in [5.41, 5.74) is 2.13. The first-order valence-electron chi connectivity index (χ1n) is 7.06. The van der Waals surface area contributed by atoms with Gasteiger partial charge in [0.05, 0.1) is 24.3 Å². The van der Waals surface area contributed by atoms with Crippen LogP contribution in [0.4, 0.5) is 9.80 Å². The number of rotatable bonds is 7. The molecule has 0 aliphatic rings. The molecular weight excluding hydrogens is 300 g/mol. The van der Waals surface area contributed by atoms with Crippen LogP contribution in [-0.2, 0) is 4.74 Å². The van der Waals surface area contributed by atoms with Crippen LogP contribution in [0.2, 0.25) is 0 Å². The Morgan fingerprint density at radius 1 is 1.32 bits per heavy atom. The minimum Gasteiger partial charge on any atom is -0.394 e. The van der Waals surface area contributed by atoms with E-state index in [4.69, 9.17) is 9.84 Å². The van der Waals surface area contributed by atoms with Crippen molar-refractivity contribution in [3.8, 4) is 0 Å². The highest BCUT2D eigenvalue weighted by atomic mass is 32.1. The van der Waals surface area contributed by atoms with E-state index in [1.54, 1.807) is 0 Å². The van der Waals surface area contributed by atoms with Crippen LogP contribution in [0.3, 0.4) is 0 Å². The zero-order valence-electron chi connectivity index (χ0n) is 12.4. The summed E-state index contributed by atoms with van der Waals surface area (Å²) < 4.78 is 5.61. The third-order valence-electron chi connectivity index (χ3n) is 3.07. The Bertz CT molecular complexity index is 570. The molecule has 1 heterocycles. The molecule has 0 spiro atoms. The molecule has 22 heavy (non-hydrogen) atoms. The van der Waals surface area contributed by atoms with Gasteiger partial charge in [0.1, 0.15) is 0 Å². The summed E-state index contributed by atoms with van der Waals surface area (Å²) in [5.74, 6) is 0. The highest BCUT2D eigenvalue weighted by Gasteiger charge is 2.13. The highest BCUT2D eigenvalue weighted by Crippen LogP contribution is 2.18. The summed E-state index contributed by atoms with van der Waals surface area (Å²) in [6, 6.07) is 11.4.